The van der Waals surface area contributed by atoms with E-state index in [2.05, 4.69) is 55.0 Å². The van der Waals surface area contributed by atoms with Crippen LogP contribution in [0.3, 0.4) is 0 Å². The zero-order valence-electron chi connectivity index (χ0n) is 13.3. The fraction of sp³-hybridized carbons (Fsp3) is 0.471. The van der Waals surface area contributed by atoms with Crippen LogP contribution in [0.25, 0.3) is 0 Å². The molecule has 1 aromatic heterocycles. The van der Waals surface area contributed by atoms with E-state index in [9.17, 15) is 0 Å². The number of anilines is 2. The fourth-order valence-corrected chi connectivity index (χ4v) is 3.44. The number of hydrogen-bond donors (Lipinski definition) is 1. The molecule has 2 N–H and O–H groups in total. The summed E-state index contributed by atoms with van der Waals surface area (Å²) in [6.07, 6.45) is 1.94. The van der Waals surface area contributed by atoms with Gasteiger partial charge in [0.25, 0.3) is 0 Å². The second kappa shape index (κ2) is 5.19. The van der Waals surface area contributed by atoms with E-state index in [1.165, 1.54) is 22.6 Å². The average Bonchev–Trinajstić information content (AvgIpc) is 2.86. The van der Waals surface area contributed by atoms with Gasteiger partial charge in [-0.3, -0.25) is 4.68 Å². The van der Waals surface area contributed by atoms with Gasteiger partial charge in [0.1, 0.15) is 5.82 Å². The lowest BCUT2D eigenvalue weighted by atomic mass is 10.1. The molecular formula is C17H24N4. The van der Waals surface area contributed by atoms with Crippen molar-refractivity contribution in [3.05, 3.63) is 41.1 Å². The van der Waals surface area contributed by atoms with E-state index < -0.39 is 0 Å². The number of hydrogen-bond acceptors (Lipinski definition) is 3. The minimum Gasteiger partial charge on any atom is -0.328 e. The van der Waals surface area contributed by atoms with E-state index in [4.69, 9.17) is 5.73 Å². The first-order chi connectivity index (χ1) is 9.99. The largest absolute Gasteiger partial charge is 0.328 e. The third-order valence-electron chi connectivity index (χ3n) is 4.27. The number of para-hydroxylation sites is 1. The lowest BCUT2D eigenvalue weighted by molar-refractivity contribution is 0.686. The molecule has 1 aliphatic heterocycles. The van der Waals surface area contributed by atoms with Gasteiger partial charge < -0.3 is 10.6 Å². The molecule has 112 valence electrons. The van der Waals surface area contributed by atoms with Crippen molar-refractivity contribution >= 4 is 11.5 Å². The molecule has 0 saturated heterocycles. The van der Waals surface area contributed by atoms with Gasteiger partial charge in [-0.1, -0.05) is 18.2 Å². The predicted molar refractivity (Wildman–Crippen MR) is 87.0 cm³/mol. The van der Waals surface area contributed by atoms with E-state index in [0.29, 0.717) is 6.04 Å². The van der Waals surface area contributed by atoms with Crippen LogP contribution >= 0.6 is 0 Å². The molecule has 4 nitrogen and oxygen atoms in total. The van der Waals surface area contributed by atoms with Gasteiger partial charge in [0, 0.05) is 30.4 Å². The van der Waals surface area contributed by atoms with Gasteiger partial charge in [-0.2, -0.15) is 5.10 Å². The highest BCUT2D eigenvalue weighted by atomic mass is 15.4. The highest BCUT2D eigenvalue weighted by molar-refractivity contribution is 5.71. The standard InChI is InChI=1S/C17H24N4/c1-11(18)9-15-13(3)19-20(4)17(15)21-12(2)10-14-7-5-6-8-16(14)21/h5-8,11-12H,9-10,18H2,1-4H3. The molecule has 0 amide bonds. The van der Waals surface area contributed by atoms with E-state index in [0.717, 1.165) is 18.5 Å². The van der Waals surface area contributed by atoms with E-state index in [1.807, 2.05) is 11.7 Å². The lowest BCUT2D eigenvalue weighted by Gasteiger charge is -2.26. The molecule has 1 aliphatic rings. The van der Waals surface area contributed by atoms with Crippen LogP contribution in [0.5, 0.6) is 0 Å². The summed E-state index contributed by atoms with van der Waals surface area (Å²) in [7, 11) is 2.03. The summed E-state index contributed by atoms with van der Waals surface area (Å²) in [4.78, 5) is 2.42. The normalized spacial score (nSPS) is 18.9. The Morgan fingerprint density at radius 2 is 2.10 bits per heavy atom. The first kappa shape index (κ1) is 14.1. The minimum absolute atomic E-state index is 0.139. The molecule has 4 heteroatoms. The smallest absolute Gasteiger partial charge is 0.134 e. The molecule has 2 unspecified atom stereocenters. The molecule has 0 radical (unpaired) electrons. The average molecular weight is 284 g/mol. The molecule has 0 saturated carbocycles. The zero-order chi connectivity index (χ0) is 15.1. The van der Waals surface area contributed by atoms with Gasteiger partial charge in [-0.15, -0.1) is 0 Å². The Balaban J connectivity index is 2.12. The fourth-order valence-electron chi connectivity index (χ4n) is 3.44. The summed E-state index contributed by atoms with van der Waals surface area (Å²) in [5.41, 5.74) is 11.1. The Morgan fingerprint density at radius 3 is 2.81 bits per heavy atom. The summed E-state index contributed by atoms with van der Waals surface area (Å²) in [5, 5.41) is 4.64. The molecule has 2 heterocycles. The van der Waals surface area contributed by atoms with Crippen molar-refractivity contribution in [1.29, 1.82) is 0 Å². The van der Waals surface area contributed by atoms with Crippen LogP contribution < -0.4 is 10.6 Å². The van der Waals surface area contributed by atoms with Gasteiger partial charge >= 0.3 is 0 Å². The Morgan fingerprint density at radius 1 is 1.38 bits per heavy atom. The number of fused-ring (bicyclic) bond motifs is 1. The van der Waals surface area contributed by atoms with Crippen LogP contribution in [0.4, 0.5) is 11.5 Å². The molecule has 0 bridgehead atoms. The molecule has 21 heavy (non-hydrogen) atoms. The number of aromatic nitrogens is 2. The minimum atomic E-state index is 0.139. The summed E-state index contributed by atoms with van der Waals surface area (Å²) in [5.74, 6) is 1.20. The van der Waals surface area contributed by atoms with Crippen molar-refractivity contribution in [2.75, 3.05) is 4.90 Å². The maximum Gasteiger partial charge on any atom is 0.134 e. The van der Waals surface area contributed by atoms with Crippen molar-refractivity contribution in [2.45, 2.75) is 45.7 Å². The summed E-state index contributed by atoms with van der Waals surface area (Å²) in [6.45, 7) is 6.41. The quantitative estimate of drug-likeness (QED) is 0.942. The first-order valence-electron chi connectivity index (χ1n) is 7.64. The number of benzene rings is 1. The Bertz CT molecular complexity index is 657. The lowest BCUT2D eigenvalue weighted by Crippen LogP contribution is -2.28. The monoisotopic (exact) mass is 284 g/mol. The Kier molecular flexibility index (Phi) is 3.49. The van der Waals surface area contributed by atoms with Gasteiger partial charge in [0.2, 0.25) is 0 Å². The highest BCUT2D eigenvalue weighted by Gasteiger charge is 2.31. The van der Waals surface area contributed by atoms with E-state index >= 15 is 0 Å². The van der Waals surface area contributed by atoms with Crippen molar-refractivity contribution in [2.24, 2.45) is 12.8 Å². The van der Waals surface area contributed by atoms with Gasteiger partial charge in [0.05, 0.1) is 5.69 Å². The second-order valence-electron chi connectivity index (χ2n) is 6.24. The second-order valence-corrected chi connectivity index (χ2v) is 6.24. The first-order valence-corrected chi connectivity index (χ1v) is 7.64. The van der Waals surface area contributed by atoms with Crippen LogP contribution in [-0.2, 0) is 19.9 Å². The van der Waals surface area contributed by atoms with Gasteiger partial charge in [-0.05, 0) is 45.2 Å². The molecule has 1 aromatic carbocycles. The zero-order valence-corrected chi connectivity index (χ0v) is 13.3. The molecule has 2 aromatic rings. The number of nitrogens with zero attached hydrogens (tertiary/aromatic N) is 3. The van der Waals surface area contributed by atoms with Crippen molar-refractivity contribution < 1.29 is 0 Å². The summed E-state index contributed by atoms with van der Waals surface area (Å²) >= 11 is 0. The molecule has 2 atom stereocenters. The van der Waals surface area contributed by atoms with Crippen LogP contribution in [0.15, 0.2) is 24.3 Å². The summed E-state index contributed by atoms with van der Waals surface area (Å²) < 4.78 is 2.01. The molecule has 3 rings (SSSR count). The molecule has 0 fully saturated rings. The number of nitrogens with two attached hydrogens (primary N) is 1. The van der Waals surface area contributed by atoms with Crippen molar-refractivity contribution in [1.82, 2.24) is 9.78 Å². The van der Waals surface area contributed by atoms with E-state index in [-0.39, 0.29) is 6.04 Å². The van der Waals surface area contributed by atoms with Crippen LogP contribution in [-0.4, -0.2) is 21.9 Å². The summed E-state index contributed by atoms with van der Waals surface area (Å²) in [6, 6.07) is 9.24. The number of aryl methyl sites for hydroxylation is 2. The van der Waals surface area contributed by atoms with Crippen molar-refractivity contribution in [3.63, 3.8) is 0 Å². The maximum atomic E-state index is 6.04. The van der Waals surface area contributed by atoms with Gasteiger partial charge in [-0.25, -0.2) is 0 Å². The molecule has 0 aliphatic carbocycles. The Hall–Kier alpha value is -1.81. The SMILES string of the molecule is Cc1nn(C)c(N2c3ccccc3CC2C)c1CC(C)N. The topological polar surface area (TPSA) is 47.1 Å². The Labute approximate surface area is 126 Å². The maximum absolute atomic E-state index is 6.04. The third kappa shape index (κ3) is 2.33. The molecular weight excluding hydrogens is 260 g/mol. The predicted octanol–water partition coefficient (Wildman–Crippen LogP) is 2.70. The van der Waals surface area contributed by atoms with Gasteiger partial charge in [0.15, 0.2) is 0 Å². The third-order valence-corrected chi connectivity index (χ3v) is 4.27. The van der Waals surface area contributed by atoms with Crippen LogP contribution in [0.1, 0.15) is 30.7 Å². The van der Waals surface area contributed by atoms with E-state index in [1.54, 1.807) is 0 Å². The number of rotatable bonds is 3. The van der Waals surface area contributed by atoms with Crippen molar-refractivity contribution in [3.8, 4) is 0 Å². The molecule has 0 spiro atoms. The van der Waals surface area contributed by atoms with Crippen LogP contribution in [0.2, 0.25) is 0 Å². The van der Waals surface area contributed by atoms with Crippen LogP contribution in [0, 0.1) is 6.92 Å². The highest BCUT2D eigenvalue weighted by Crippen LogP contribution is 2.40.